The fourth-order valence-electron chi connectivity index (χ4n) is 5.67. The number of carbonyl (C=O) groups excluding carboxylic acids is 1. The lowest BCUT2D eigenvalue weighted by molar-refractivity contribution is -0.139. The first kappa shape index (κ1) is 24.5. The Labute approximate surface area is 196 Å². The van der Waals surface area contributed by atoms with E-state index in [0.29, 0.717) is 24.5 Å². The Morgan fingerprint density at radius 1 is 1.21 bits per heavy atom. The molecular weight excluding hydrogens is 469 g/mol. The zero-order valence-corrected chi connectivity index (χ0v) is 19.8. The molecule has 0 spiro atoms. The lowest BCUT2D eigenvalue weighted by Crippen LogP contribution is -2.50. The van der Waals surface area contributed by atoms with E-state index in [0.717, 1.165) is 32.8 Å². The molecule has 0 bridgehead atoms. The van der Waals surface area contributed by atoms with Gasteiger partial charge in [-0.2, -0.15) is 13.2 Å². The molecule has 2 aromatic carbocycles. The first-order valence-corrected chi connectivity index (χ1v) is 12.9. The summed E-state index contributed by atoms with van der Waals surface area (Å²) in [5.74, 6) is -1.59. The van der Waals surface area contributed by atoms with Gasteiger partial charge in [-0.15, -0.1) is 0 Å². The van der Waals surface area contributed by atoms with E-state index in [1.807, 2.05) is 0 Å². The molecule has 34 heavy (non-hydrogen) atoms. The molecule has 0 aromatic heterocycles. The van der Waals surface area contributed by atoms with Crippen molar-refractivity contribution in [1.29, 1.82) is 0 Å². The highest BCUT2D eigenvalue weighted by Gasteiger charge is 2.51. The smallest absolute Gasteiger partial charge is 0.416 e. The van der Waals surface area contributed by atoms with Crippen LogP contribution in [-0.4, -0.2) is 51.7 Å². The molecule has 0 aliphatic carbocycles. The van der Waals surface area contributed by atoms with Crippen molar-refractivity contribution in [3.05, 3.63) is 58.7 Å². The minimum atomic E-state index is -4.90. The molecule has 2 aliphatic rings. The predicted octanol–water partition coefficient (Wildman–Crippen LogP) is 3.76. The summed E-state index contributed by atoms with van der Waals surface area (Å²) in [4.78, 5) is 13.9. The molecule has 2 unspecified atom stereocenters. The van der Waals surface area contributed by atoms with Gasteiger partial charge in [0.1, 0.15) is 11.3 Å². The number of carbonyl (C=O) groups is 1. The third-order valence-electron chi connectivity index (χ3n) is 7.08. The summed E-state index contributed by atoms with van der Waals surface area (Å²) in [6, 6.07) is 9.66. The van der Waals surface area contributed by atoms with Crippen LogP contribution in [0.3, 0.4) is 0 Å². The molecule has 0 saturated carbocycles. The van der Waals surface area contributed by atoms with Gasteiger partial charge in [-0.25, -0.2) is 8.42 Å². The van der Waals surface area contributed by atoms with E-state index in [2.05, 4.69) is 4.90 Å². The number of amides is 1. The number of halogens is 3. The molecule has 2 N–H and O–H groups in total. The van der Waals surface area contributed by atoms with Crippen LogP contribution in [-0.2, 0) is 21.4 Å². The van der Waals surface area contributed by atoms with Gasteiger partial charge in [0.15, 0.2) is 9.84 Å². The third kappa shape index (κ3) is 4.07. The van der Waals surface area contributed by atoms with Crippen molar-refractivity contribution in [3.8, 4) is 5.75 Å². The van der Waals surface area contributed by atoms with E-state index in [1.54, 1.807) is 30.3 Å². The van der Waals surface area contributed by atoms with Gasteiger partial charge >= 0.3 is 6.18 Å². The van der Waals surface area contributed by atoms with Crippen LogP contribution in [0.15, 0.2) is 41.3 Å². The molecule has 2 atom stereocenters. The standard InChI is InChI=1S/C24H27F3N2O4S/c1-33-21-19(22(28)30)18(34(2,31)32)13-17(24(25,26)27)20(21)23(15-7-4-3-5-8-15)11-10-16-9-6-12-29(16)14-23/h3-5,7-8,13,16H,6,9-12,14H2,1-2H3,(H2,28,30). The maximum Gasteiger partial charge on any atom is 0.416 e. The number of fused-ring (bicyclic) bond motifs is 1. The van der Waals surface area contributed by atoms with Gasteiger partial charge in [-0.05, 0) is 43.9 Å². The van der Waals surface area contributed by atoms with Crippen molar-refractivity contribution >= 4 is 15.7 Å². The Kier molecular flexibility index (Phi) is 6.18. The summed E-state index contributed by atoms with van der Waals surface area (Å²) in [6.45, 7) is 1.05. The van der Waals surface area contributed by atoms with Crippen molar-refractivity contribution in [2.45, 2.75) is 48.2 Å². The van der Waals surface area contributed by atoms with Crippen molar-refractivity contribution in [3.63, 3.8) is 0 Å². The topological polar surface area (TPSA) is 89.7 Å². The van der Waals surface area contributed by atoms with Crippen molar-refractivity contribution in [2.75, 3.05) is 26.5 Å². The molecule has 184 valence electrons. The van der Waals surface area contributed by atoms with Crippen molar-refractivity contribution in [1.82, 2.24) is 4.90 Å². The van der Waals surface area contributed by atoms with E-state index in [1.165, 1.54) is 0 Å². The Hall–Kier alpha value is -2.59. The second kappa shape index (κ2) is 8.57. The van der Waals surface area contributed by atoms with E-state index < -0.39 is 49.1 Å². The monoisotopic (exact) mass is 496 g/mol. The zero-order chi connectivity index (χ0) is 24.9. The number of alkyl halides is 3. The van der Waals surface area contributed by atoms with Gasteiger partial charge in [0.05, 0.1) is 17.6 Å². The summed E-state index contributed by atoms with van der Waals surface area (Å²) in [5, 5.41) is 0. The van der Waals surface area contributed by atoms with Crippen molar-refractivity contribution < 1.29 is 31.1 Å². The number of nitrogens with two attached hydrogens (primary N) is 1. The molecule has 6 nitrogen and oxygen atoms in total. The number of hydrogen-bond acceptors (Lipinski definition) is 5. The van der Waals surface area contributed by atoms with Crippen molar-refractivity contribution in [2.24, 2.45) is 5.73 Å². The highest BCUT2D eigenvalue weighted by Crippen LogP contribution is 2.53. The first-order chi connectivity index (χ1) is 15.9. The number of sulfone groups is 1. The number of piperidine rings is 1. The van der Waals surface area contributed by atoms with Crippen LogP contribution in [0, 0.1) is 0 Å². The van der Waals surface area contributed by atoms with Gasteiger partial charge in [0.25, 0.3) is 5.91 Å². The molecule has 2 saturated heterocycles. The number of rotatable bonds is 5. The molecule has 1 amide bonds. The maximum atomic E-state index is 14.6. The van der Waals surface area contributed by atoms with Crippen LogP contribution in [0.4, 0.5) is 13.2 Å². The number of primary amides is 1. The van der Waals surface area contributed by atoms with Gasteiger partial charge in [0.2, 0.25) is 0 Å². The average Bonchev–Trinajstić information content (AvgIpc) is 3.24. The minimum Gasteiger partial charge on any atom is -0.496 e. The number of nitrogens with zero attached hydrogens (tertiary/aromatic N) is 1. The van der Waals surface area contributed by atoms with Crippen LogP contribution < -0.4 is 10.5 Å². The summed E-state index contributed by atoms with van der Waals surface area (Å²) in [6.07, 6.45) is -1.17. The van der Waals surface area contributed by atoms with Crippen LogP contribution in [0.1, 0.15) is 52.7 Å². The van der Waals surface area contributed by atoms with Gasteiger partial charge in [0, 0.05) is 29.8 Å². The van der Waals surface area contributed by atoms with Gasteiger partial charge in [-0.3, -0.25) is 9.69 Å². The number of methoxy groups -OCH3 is 1. The first-order valence-electron chi connectivity index (χ1n) is 11.0. The van der Waals surface area contributed by atoms with Gasteiger partial charge in [-0.1, -0.05) is 30.3 Å². The highest BCUT2D eigenvalue weighted by molar-refractivity contribution is 7.90. The zero-order valence-electron chi connectivity index (χ0n) is 19.0. The summed E-state index contributed by atoms with van der Waals surface area (Å²) >= 11 is 0. The third-order valence-corrected chi connectivity index (χ3v) is 8.20. The lowest BCUT2D eigenvalue weighted by atomic mass is 9.66. The summed E-state index contributed by atoms with van der Waals surface area (Å²) in [5.41, 5.74) is 3.09. The molecule has 10 heteroatoms. The Morgan fingerprint density at radius 2 is 1.88 bits per heavy atom. The number of benzene rings is 2. The van der Waals surface area contributed by atoms with E-state index >= 15 is 0 Å². The minimum absolute atomic E-state index is 0.236. The molecule has 2 aliphatic heterocycles. The quantitative estimate of drug-likeness (QED) is 0.681. The fraction of sp³-hybridized carbons (Fsp3) is 0.458. The van der Waals surface area contributed by atoms with Crippen LogP contribution in [0.2, 0.25) is 0 Å². The molecule has 4 rings (SSSR count). The summed E-state index contributed by atoms with van der Waals surface area (Å²) in [7, 11) is -3.09. The second-order valence-corrected chi connectivity index (χ2v) is 11.1. The lowest BCUT2D eigenvalue weighted by Gasteiger charge is -2.47. The average molecular weight is 497 g/mol. The molecule has 2 fully saturated rings. The fourth-order valence-corrected chi connectivity index (χ4v) is 6.57. The SMILES string of the molecule is COc1c(C(N)=O)c(S(C)(=O)=O)cc(C(F)(F)F)c1C1(c2ccccc2)CCC2CCCN2C1. The molecule has 2 heterocycles. The highest BCUT2D eigenvalue weighted by atomic mass is 32.2. The predicted molar refractivity (Wildman–Crippen MR) is 121 cm³/mol. The second-order valence-electron chi connectivity index (χ2n) is 9.09. The number of ether oxygens (including phenoxy) is 1. The maximum absolute atomic E-state index is 14.6. The number of hydrogen-bond donors (Lipinski definition) is 1. The Bertz CT molecular complexity index is 1210. The van der Waals surface area contributed by atoms with E-state index in [-0.39, 0.29) is 18.2 Å². The molecule has 2 aromatic rings. The van der Waals surface area contributed by atoms with Crippen LogP contribution in [0.5, 0.6) is 5.75 Å². The largest absolute Gasteiger partial charge is 0.496 e. The van der Waals surface area contributed by atoms with Crippen LogP contribution in [0.25, 0.3) is 0 Å². The van der Waals surface area contributed by atoms with Crippen LogP contribution >= 0.6 is 0 Å². The van der Waals surface area contributed by atoms with Gasteiger partial charge < -0.3 is 10.5 Å². The summed E-state index contributed by atoms with van der Waals surface area (Å²) < 4.78 is 74.1. The molecular formula is C24H27F3N2O4S. The normalized spacial score (nSPS) is 23.5. The Balaban J connectivity index is 2.15. The van der Waals surface area contributed by atoms with E-state index in [4.69, 9.17) is 10.5 Å². The van der Waals surface area contributed by atoms with E-state index in [9.17, 15) is 26.4 Å². The molecule has 0 radical (unpaired) electrons. The Morgan fingerprint density at radius 3 is 2.44 bits per heavy atom.